The zero-order chi connectivity index (χ0) is 48.0. The van der Waals surface area contributed by atoms with Crippen LogP contribution in [0.5, 0.6) is 17.2 Å². The van der Waals surface area contributed by atoms with Crippen molar-refractivity contribution in [1.29, 1.82) is 5.26 Å². The molecule has 1 spiro atoms. The van der Waals surface area contributed by atoms with Gasteiger partial charge in [-0.3, -0.25) is 4.79 Å². The highest BCUT2D eigenvalue weighted by atomic mass is 16.8. The number of nitriles is 1. The zero-order valence-electron chi connectivity index (χ0n) is 39.8. The quantitative estimate of drug-likeness (QED) is 0.108. The van der Waals surface area contributed by atoms with Gasteiger partial charge >= 0.3 is 5.97 Å². The number of aliphatic hydroxyl groups is 3. The minimum atomic E-state index is -2.31. The first-order valence-corrected chi connectivity index (χ1v) is 22.9. The summed E-state index contributed by atoms with van der Waals surface area (Å²) >= 11 is 0. The van der Waals surface area contributed by atoms with E-state index < -0.39 is 82.8 Å². The molecule has 1 aromatic carbocycles. The number of carbonyl (C=O) groups excluding carboxylic acids is 2. The molecule has 5 heterocycles. The average Bonchev–Trinajstić information content (AvgIpc) is 3.25. The molecule has 5 N–H and O–H groups in total. The Hall–Kier alpha value is -4.95. The smallest absolute Gasteiger partial charge is 0.333 e. The fourth-order valence-corrected chi connectivity index (χ4v) is 11.0. The number of nitrogens with two attached hydrogens (primary N) is 1. The number of allylic oxidation sites excluding steroid dienone is 5. The second-order valence-corrected chi connectivity index (χ2v) is 20.3. The molecule has 0 amide bonds. The van der Waals surface area contributed by atoms with Gasteiger partial charge in [0.15, 0.2) is 22.8 Å². The maximum atomic E-state index is 15.2. The molecule has 1 aromatic rings. The monoisotopic (exact) mass is 912 g/mol. The van der Waals surface area contributed by atoms with Crippen molar-refractivity contribution in [3.63, 3.8) is 0 Å². The summed E-state index contributed by atoms with van der Waals surface area (Å²) < 4.78 is 51.6. The van der Waals surface area contributed by atoms with Crippen LogP contribution in [0, 0.1) is 35.0 Å². The second-order valence-electron chi connectivity index (χ2n) is 20.3. The summed E-state index contributed by atoms with van der Waals surface area (Å²) in [5.41, 5.74) is 5.59. The summed E-state index contributed by atoms with van der Waals surface area (Å²) in [7, 11) is 1.25. The number of nitrogens with zero attached hydrogens (tertiary/aromatic N) is 1. The van der Waals surface area contributed by atoms with Crippen molar-refractivity contribution in [3.05, 3.63) is 74.7 Å². The van der Waals surface area contributed by atoms with Crippen molar-refractivity contribution in [3.8, 4) is 23.3 Å². The van der Waals surface area contributed by atoms with Crippen LogP contribution in [-0.4, -0.2) is 94.1 Å². The second kappa shape index (κ2) is 17.0. The first-order valence-electron chi connectivity index (χ1n) is 22.9. The molecule has 11 atom stereocenters. The molecule has 9 rings (SSSR count). The van der Waals surface area contributed by atoms with Crippen LogP contribution in [0.4, 0.5) is 0 Å². The highest BCUT2D eigenvalue weighted by Gasteiger charge is 2.77. The predicted octanol–water partition coefficient (Wildman–Crippen LogP) is 6.38. The summed E-state index contributed by atoms with van der Waals surface area (Å²) in [5.74, 6) is -4.37. The third-order valence-corrected chi connectivity index (χ3v) is 14.4. The lowest BCUT2D eigenvalue weighted by molar-refractivity contribution is -0.373. The molecule has 15 heteroatoms. The van der Waals surface area contributed by atoms with E-state index in [0.29, 0.717) is 35.3 Å². The van der Waals surface area contributed by atoms with Crippen LogP contribution in [0.3, 0.4) is 0 Å². The molecular weight excluding hydrogens is 849 g/mol. The molecule has 3 aliphatic carbocycles. The molecule has 66 heavy (non-hydrogen) atoms. The van der Waals surface area contributed by atoms with E-state index in [1.165, 1.54) is 13.2 Å². The average molecular weight is 913 g/mol. The highest BCUT2D eigenvalue weighted by Crippen LogP contribution is 2.69. The Morgan fingerprint density at radius 2 is 1.76 bits per heavy atom. The molecule has 2 bridgehead atoms. The number of rotatable bonds is 11. The Morgan fingerprint density at radius 1 is 1.05 bits per heavy atom. The van der Waals surface area contributed by atoms with Crippen LogP contribution < -0.4 is 19.9 Å². The van der Waals surface area contributed by atoms with E-state index in [9.17, 15) is 25.4 Å². The lowest BCUT2D eigenvalue weighted by atomic mass is 9.43. The summed E-state index contributed by atoms with van der Waals surface area (Å²) in [6, 6.07) is 2.22. The van der Waals surface area contributed by atoms with E-state index in [2.05, 4.69) is 12.1 Å². The fourth-order valence-electron chi connectivity index (χ4n) is 11.0. The van der Waals surface area contributed by atoms with Gasteiger partial charge in [-0.1, -0.05) is 43.2 Å². The number of methoxy groups -OCH3 is 1. The van der Waals surface area contributed by atoms with Crippen LogP contribution >= 0.6 is 0 Å². The van der Waals surface area contributed by atoms with Crippen molar-refractivity contribution >= 4 is 23.6 Å². The molecule has 5 fully saturated rings. The van der Waals surface area contributed by atoms with Gasteiger partial charge < -0.3 is 58.9 Å². The number of aliphatic hydroxyl groups excluding tert-OH is 2. The number of fused-ring (bicyclic) bond motifs is 6. The van der Waals surface area contributed by atoms with Gasteiger partial charge in [0.05, 0.1) is 24.9 Å². The van der Waals surface area contributed by atoms with Crippen molar-refractivity contribution in [2.45, 2.75) is 155 Å². The van der Waals surface area contributed by atoms with Gasteiger partial charge in [-0.05, 0) is 99.1 Å². The lowest BCUT2D eigenvalue weighted by Crippen LogP contribution is -2.78. The molecule has 15 nitrogen and oxygen atoms in total. The number of Topliss-reactive ketones (excluding diaryl/α,β-unsaturated/α-hetero) is 1. The standard InChI is InChI=1S/C51H64N2O13/c1-24(2)13-12-18-49(10)19-17-29-39(65-49)28(15-14-25(3)4)41-35(40(29)63-47-38(55)37(54)42-33(61-47)23-60-48(8,9)64-42)43-36-34(31(22-52)45(53)62-43)30-21-32(26(5)6)51(36,66-41)50(58,44(30)56)20-16-27(7)46(57)59-11/h13-14,16-17,19,26,30,32-34,37-38,42,47,54-55,58H,12,15,18,20-21,23,53H2,1-11H3/b27-16-/t30?,32?,33-,34?,37-,38-,42-,47+,49?,50?,51?/m1/s1. The van der Waals surface area contributed by atoms with Gasteiger partial charge in [-0.15, -0.1) is 0 Å². The van der Waals surface area contributed by atoms with Gasteiger partial charge in [-0.25, -0.2) is 4.79 Å². The first kappa shape index (κ1) is 47.5. The summed E-state index contributed by atoms with van der Waals surface area (Å²) in [6.45, 7) is 19.0. The fraction of sp³-hybridized carbons (Fsp3) is 0.588. The largest absolute Gasteiger partial charge is 0.482 e. The third-order valence-electron chi connectivity index (χ3n) is 14.4. The molecule has 2 saturated heterocycles. The maximum absolute atomic E-state index is 15.2. The minimum Gasteiger partial charge on any atom is -0.482 e. The van der Waals surface area contributed by atoms with Crippen LogP contribution in [0.25, 0.3) is 11.8 Å². The summed E-state index contributed by atoms with van der Waals surface area (Å²) in [5, 5.41) is 47.6. The van der Waals surface area contributed by atoms with E-state index in [0.717, 1.165) is 11.1 Å². The molecule has 0 aromatic heterocycles. The SMILES string of the molecule is COC(=O)/C(C)=C\CC1(O)C(=O)C2CC(C(C)C)C13Oc1c(CC=C(C)C)c4c(c(O[C@@H]5O[C@@H]6COC(C)(C)O[C@H]6[C@H](O)[C@H]5O)c1C1=C3C2C(C#N)=C(N)O1)C=CC(C)(CCC=C(C)C)O4. The van der Waals surface area contributed by atoms with E-state index in [-0.39, 0.29) is 71.6 Å². The summed E-state index contributed by atoms with van der Waals surface area (Å²) in [6.07, 6.45) is 4.58. The third kappa shape index (κ3) is 7.48. The Balaban J connectivity index is 1.43. The van der Waals surface area contributed by atoms with Crippen LogP contribution in [0.15, 0.2) is 58.1 Å². The molecule has 0 radical (unpaired) electrons. The zero-order valence-corrected chi connectivity index (χ0v) is 39.8. The molecule has 356 valence electrons. The van der Waals surface area contributed by atoms with Gasteiger partial charge in [0, 0.05) is 40.9 Å². The van der Waals surface area contributed by atoms with E-state index in [4.69, 9.17) is 43.6 Å². The van der Waals surface area contributed by atoms with E-state index in [1.54, 1.807) is 20.8 Å². The normalized spacial score (nSPS) is 34.7. The summed E-state index contributed by atoms with van der Waals surface area (Å²) in [4.78, 5) is 28.0. The Kier molecular flexibility index (Phi) is 12.2. The number of ether oxygens (including phenoxy) is 8. The topological polar surface area (TPSA) is 218 Å². The molecule has 3 saturated carbocycles. The minimum absolute atomic E-state index is 0.0232. The number of benzene rings is 1. The highest BCUT2D eigenvalue weighted by molar-refractivity contribution is 6.00. The Labute approximate surface area is 386 Å². The first-order chi connectivity index (χ1) is 31.0. The van der Waals surface area contributed by atoms with Crippen molar-refractivity contribution in [2.24, 2.45) is 29.4 Å². The number of esters is 1. The molecule has 6 unspecified atom stereocenters. The van der Waals surface area contributed by atoms with E-state index in [1.807, 2.05) is 66.7 Å². The van der Waals surface area contributed by atoms with Crippen LogP contribution in [-0.2, 0) is 39.7 Å². The van der Waals surface area contributed by atoms with Crippen molar-refractivity contribution in [1.82, 2.24) is 0 Å². The number of carbonyl (C=O) groups is 2. The number of hydrogen-bond donors (Lipinski definition) is 4. The van der Waals surface area contributed by atoms with Crippen LogP contribution in [0.2, 0.25) is 0 Å². The number of hydrogen-bond acceptors (Lipinski definition) is 15. The molecule has 8 aliphatic rings. The van der Waals surface area contributed by atoms with Gasteiger partial charge in [-0.2, -0.15) is 5.26 Å². The van der Waals surface area contributed by atoms with E-state index >= 15 is 4.79 Å². The Morgan fingerprint density at radius 3 is 2.41 bits per heavy atom. The lowest BCUT2D eigenvalue weighted by Gasteiger charge is -2.65. The predicted molar refractivity (Wildman–Crippen MR) is 241 cm³/mol. The van der Waals surface area contributed by atoms with Crippen LogP contribution in [0.1, 0.15) is 112 Å². The van der Waals surface area contributed by atoms with Crippen molar-refractivity contribution in [2.75, 3.05) is 13.7 Å². The molecular formula is C51H64N2O13. The Bertz CT molecular complexity index is 2440. The maximum Gasteiger partial charge on any atom is 0.333 e. The van der Waals surface area contributed by atoms with Gasteiger partial charge in [0.2, 0.25) is 12.2 Å². The van der Waals surface area contributed by atoms with Gasteiger partial charge in [0.25, 0.3) is 0 Å². The van der Waals surface area contributed by atoms with Gasteiger partial charge in [0.1, 0.15) is 64.7 Å². The molecule has 5 aliphatic heterocycles. The number of ketones is 1. The van der Waals surface area contributed by atoms with Crippen molar-refractivity contribution < 1.29 is 62.8 Å².